The molecule has 0 aliphatic heterocycles. The van der Waals surface area contributed by atoms with Gasteiger partial charge < -0.3 is 11.0 Å². The van der Waals surface area contributed by atoms with Crippen molar-refractivity contribution in [2.24, 2.45) is 0 Å². The summed E-state index contributed by atoms with van der Waals surface area (Å²) in [5.41, 5.74) is 0. The Morgan fingerprint density at radius 3 is 1.29 bits per heavy atom. The zero-order chi connectivity index (χ0) is 2.71. The van der Waals surface area contributed by atoms with Crippen molar-refractivity contribution < 1.29 is 67.8 Å². The zero-order valence-corrected chi connectivity index (χ0v) is 6.07. The van der Waals surface area contributed by atoms with Crippen LogP contribution in [0.4, 0.5) is 0 Å². The van der Waals surface area contributed by atoms with Crippen molar-refractivity contribution in [3.05, 3.63) is 0 Å². The second-order valence-electron chi connectivity index (χ2n) is 0.0645. The van der Waals surface area contributed by atoms with Crippen molar-refractivity contribution in [1.82, 2.24) is 0 Å². The van der Waals surface area contributed by atoms with Crippen LogP contribution in [0.15, 0.2) is 0 Å². The standard InChI is InChI=1S/2Fe.Ni.3H2O.O/h;;;3*1H2;/q;+1;;;;;/p-1. The van der Waals surface area contributed by atoms with Gasteiger partial charge in [-0.25, -0.2) is 0 Å². The fraction of sp³-hybridized carbons (Fsp3) is 0. The third-order valence-corrected chi connectivity index (χ3v) is 0. The van der Waals surface area contributed by atoms with E-state index in [2.05, 4.69) is 0 Å². The molecule has 0 rings (SSSR count). The van der Waals surface area contributed by atoms with E-state index in [1.807, 2.05) is 0 Å². The fourth-order valence-electron chi connectivity index (χ4n) is 0. The van der Waals surface area contributed by atoms with Crippen molar-refractivity contribution in [3.8, 4) is 0 Å². The van der Waals surface area contributed by atoms with E-state index >= 15 is 0 Å². The number of hydrogen-bond donors (Lipinski definition) is 1. The Labute approximate surface area is 67.8 Å². The van der Waals surface area contributed by atoms with E-state index in [9.17, 15) is 0 Å². The van der Waals surface area contributed by atoms with Crippen LogP contribution in [0, 0.1) is 0 Å². The van der Waals surface area contributed by atoms with Crippen molar-refractivity contribution in [2.45, 2.75) is 0 Å². The normalized spacial score (nSPS) is 2.43. The molecule has 7 heavy (non-hydrogen) atoms. The first-order chi connectivity index (χ1) is 1.41. The molecule has 55 valence electrons. The van der Waals surface area contributed by atoms with Gasteiger partial charge in [-0.2, -0.15) is 0 Å². The van der Waals surface area contributed by atoms with Crippen molar-refractivity contribution in [2.75, 3.05) is 0 Å². The molecule has 0 aromatic rings. The summed E-state index contributed by atoms with van der Waals surface area (Å²) in [6, 6.07) is 0. The first-order valence-electron chi connectivity index (χ1n) is 0.302. The minimum atomic E-state index is -1.00. The predicted octanol–water partition coefficient (Wildman–Crippen LogP) is -2.33. The summed E-state index contributed by atoms with van der Waals surface area (Å²) >= 11 is -1.00. The van der Waals surface area contributed by atoms with Gasteiger partial charge in [-0.3, -0.25) is 0 Å². The summed E-state index contributed by atoms with van der Waals surface area (Å²) < 4.78 is 15.5. The van der Waals surface area contributed by atoms with Gasteiger partial charge in [0.2, 0.25) is 0 Å². The van der Waals surface area contributed by atoms with Crippen molar-refractivity contribution >= 4 is 0 Å². The Balaban J connectivity index is -0.00000000333. The molecule has 0 aliphatic carbocycles. The van der Waals surface area contributed by atoms with Gasteiger partial charge in [-0.05, 0) is 0 Å². The average molecular weight is 239 g/mol. The monoisotopic (exact) mass is 239 g/mol. The Morgan fingerprint density at radius 2 is 1.29 bits per heavy atom. The van der Waals surface area contributed by atoms with E-state index in [1.165, 1.54) is 0 Å². The van der Waals surface area contributed by atoms with E-state index in [-0.39, 0.29) is 44.5 Å². The van der Waals surface area contributed by atoms with Gasteiger partial charge in [0.15, 0.2) is 0 Å². The van der Waals surface area contributed by atoms with Crippen LogP contribution in [0.1, 0.15) is 0 Å². The van der Waals surface area contributed by atoms with Gasteiger partial charge in [0, 0.05) is 33.6 Å². The van der Waals surface area contributed by atoms with Gasteiger partial charge in [0.1, 0.15) is 0 Å². The molecule has 0 bridgehead atoms. The molecule has 0 saturated carbocycles. The topological polar surface area (TPSA) is 100 Å². The summed E-state index contributed by atoms with van der Waals surface area (Å²) in [6.45, 7) is 0. The molecule has 0 aromatic heterocycles. The number of rotatable bonds is 0. The summed E-state index contributed by atoms with van der Waals surface area (Å²) in [6.07, 6.45) is 0. The van der Waals surface area contributed by atoms with Crippen LogP contribution in [0.3, 0.4) is 0 Å². The summed E-state index contributed by atoms with van der Waals surface area (Å²) in [7, 11) is 0. The quantitative estimate of drug-likeness (QED) is 0.479. The van der Waals surface area contributed by atoms with E-state index in [0.717, 1.165) is 0 Å². The van der Waals surface area contributed by atoms with Crippen LogP contribution in [0.5, 0.6) is 0 Å². The Kier molecular flexibility index (Phi) is 336. The van der Waals surface area contributed by atoms with Crippen LogP contribution in [-0.2, 0) is 52.6 Å². The zero-order valence-electron chi connectivity index (χ0n) is 2.88. The first-order valence-corrected chi connectivity index (χ1v) is 1.25. The molecule has 0 saturated heterocycles. The molecule has 5 N–H and O–H groups in total. The molecule has 4 nitrogen and oxygen atoms in total. The minimum absolute atomic E-state index is 0. The van der Waals surface area contributed by atoms with Crippen LogP contribution in [0.25, 0.3) is 0 Å². The molecule has 0 spiro atoms. The Bertz CT molecular complexity index is 17.2. The summed E-state index contributed by atoms with van der Waals surface area (Å²) in [5.74, 6) is 0. The number of hydrogen-bond acceptors (Lipinski definition) is 1. The van der Waals surface area contributed by atoms with E-state index in [1.54, 1.807) is 0 Å². The fourth-order valence-corrected chi connectivity index (χ4v) is 0. The van der Waals surface area contributed by atoms with Crippen molar-refractivity contribution in [1.29, 1.82) is 0 Å². The molecule has 0 fully saturated rings. The first kappa shape index (κ1) is 41.4. The molecule has 0 amide bonds. The van der Waals surface area contributed by atoms with Crippen LogP contribution < -0.4 is 0 Å². The molecule has 0 atom stereocenters. The van der Waals surface area contributed by atoms with Crippen LogP contribution in [-0.4, -0.2) is 15.1 Å². The molecule has 0 aliphatic rings. The van der Waals surface area contributed by atoms with E-state index < -0.39 is 15.2 Å². The molecule has 0 radical (unpaired) electrons. The van der Waals surface area contributed by atoms with Gasteiger partial charge in [-0.1, -0.05) is 0 Å². The average Bonchev–Trinajstić information content (AvgIpc) is 0.918. The predicted molar refractivity (Wildman–Crippen MR) is 10.1 cm³/mol. The molecule has 0 aromatic carbocycles. The third kappa shape index (κ3) is 133. The molecule has 0 heterocycles. The molecular formula is H5Fe2NiO4. The van der Waals surface area contributed by atoms with Gasteiger partial charge in [0.25, 0.3) is 0 Å². The Hall–Kier alpha value is 1.21. The van der Waals surface area contributed by atoms with Crippen molar-refractivity contribution in [3.63, 3.8) is 0 Å². The second kappa shape index (κ2) is 56.9. The van der Waals surface area contributed by atoms with Gasteiger partial charge in [0.05, 0.1) is 0 Å². The van der Waals surface area contributed by atoms with Gasteiger partial charge >= 0.3 is 23.2 Å². The van der Waals surface area contributed by atoms with Crippen LogP contribution in [0.2, 0.25) is 0 Å². The maximum absolute atomic E-state index is 8.49. The SMILES string of the molecule is O.O.[Fe].[Ni].[O]=[Fe][OH]. The van der Waals surface area contributed by atoms with Crippen LogP contribution >= 0.6 is 0 Å². The van der Waals surface area contributed by atoms with Gasteiger partial charge in [-0.15, -0.1) is 0 Å². The van der Waals surface area contributed by atoms with E-state index in [0.29, 0.717) is 0 Å². The Morgan fingerprint density at radius 1 is 1.29 bits per heavy atom. The van der Waals surface area contributed by atoms with E-state index in [4.69, 9.17) is 8.02 Å². The molecular weight excluding hydrogens is 234 g/mol. The summed E-state index contributed by atoms with van der Waals surface area (Å²) in [4.78, 5) is 0. The molecule has 7 heteroatoms. The third-order valence-electron chi connectivity index (χ3n) is 0. The second-order valence-corrected chi connectivity index (χ2v) is 0.266. The summed E-state index contributed by atoms with van der Waals surface area (Å²) in [5, 5.41) is 0. The molecule has 0 unspecified atom stereocenters. The maximum atomic E-state index is 8.49.